The summed E-state index contributed by atoms with van der Waals surface area (Å²) in [5, 5.41) is 2.52. The molecule has 1 aromatic carbocycles. The number of rotatable bonds is 11. The highest BCUT2D eigenvalue weighted by Gasteiger charge is 2.18. The summed E-state index contributed by atoms with van der Waals surface area (Å²) in [7, 11) is 0. The maximum atomic E-state index is 13.1. The molecule has 5 heteroatoms. The number of amides is 1. The Morgan fingerprint density at radius 3 is 2.46 bits per heavy atom. The standard InChI is InChI=1S/C19H28FNO3/c1-3-4-5-6-7-8-9-13-24-19(23)15(2)21-18(22)16-11-10-12-17(20)14-16/h10-12,14-15H,3-9,13H2,1-2H3,(H,21,22)/t15-/m0/s1. The Bertz CT molecular complexity index is 519. The van der Waals surface area contributed by atoms with Crippen LogP contribution in [0.2, 0.25) is 0 Å². The normalized spacial score (nSPS) is 11.8. The zero-order valence-electron chi connectivity index (χ0n) is 14.6. The summed E-state index contributed by atoms with van der Waals surface area (Å²) in [6.07, 6.45) is 8.03. The van der Waals surface area contributed by atoms with E-state index in [1.165, 1.54) is 43.9 Å². The minimum Gasteiger partial charge on any atom is -0.464 e. The highest BCUT2D eigenvalue weighted by Crippen LogP contribution is 2.07. The third-order valence-corrected chi connectivity index (χ3v) is 3.78. The van der Waals surface area contributed by atoms with Gasteiger partial charge in [0.15, 0.2) is 0 Å². The van der Waals surface area contributed by atoms with E-state index in [1.807, 2.05) is 0 Å². The molecule has 0 aromatic heterocycles. The minimum absolute atomic E-state index is 0.182. The Hall–Kier alpha value is -1.91. The third-order valence-electron chi connectivity index (χ3n) is 3.78. The Morgan fingerprint density at radius 2 is 1.79 bits per heavy atom. The second kappa shape index (κ2) is 11.6. The zero-order chi connectivity index (χ0) is 17.8. The molecule has 0 unspecified atom stereocenters. The minimum atomic E-state index is -0.759. The van der Waals surface area contributed by atoms with Gasteiger partial charge in [-0.25, -0.2) is 9.18 Å². The van der Waals surface area contributed by atoms with Gasteiger partial charge >= 0.3 is 5.97 Å². The lowest BCUT2D eigenvalue weighted by atomic mass is 10.1. The van der Waals surface area contributed by atoms with E-state index in [2.05, 4.69) is 12.2 Å². The molecule has 1 amide bonds. The largest absolute Gasteiger partial charge is 0.464 e. The number of halogens is 1. The lowest BCUT2D eigenvalue weighted by molar-refractivity contribution is -0.145. The van der Waals surface area contributed by atoms with E-state index in [-0.39, 0.29) is 5.56 Å². The maximum Gasteiger partial charge on any atom is 0.328 e. The number of hydrogen-bond acceptors (Lipinski definition) is 3. The van der Waals surface area contributed by atoms with Crippen molar-refractivity contribution in [2.45, 2.75) is 64.8 Å². The van der Waals surface area contributed by atoms with Crippen LogP contribution in [-0.2, 0) is 9.53 Å². The molecule has 24 heavy (non-hydrogen) atoms. The van der Waals surface area contributed by atoms with Gasteiger partial charge in [-0.2, -0.15) is 0 Å². The molecule has 1 aromatic rings. The molecule has 0 saturated heterocycles. The van der Waals surface area contributed by atoms with E-state index in [0.29, 0.717) is 6.61 Å². The number of ether oxygens (including phenoxy) is 1. The SMILES string of the molecule is CCCCCCCCCOC(=O)[C@H](C)NC(=O)c1cccc(F)c1. The van der Waals surface area contributed by atoms with Crippen molar-refractivity contribution >= 4 is 11.9 Å². The predicted octanol–water partition coefficient (Wildman–Crippen LogP) is 4.24. The highest BCUT2D eigenvalue weighted by atomic mass is 19.1. The Morgan fingerprint density at radius 1 is 1.12 bits per heavy atom. The molecule has 0 aliphatic carbocycles. The van der Waals surface area contributed by atoms with Crippen LogP contribution in [0.4, 0.5) is 4.39 Å². The van der Waals surface area contributed by atoms with Gasteiger partial charge in [0, 0.05) is 5.56 Å². The third kappa shape index (κ3) is 8.09. The van der Waals surface area contributed by atoms with Gasteiger partial charge in [0.05, 0.1) is 6.61 Å². The summed E-state index contributed by atoms with van der Waals surface area (Å²) in [6, 6.07) is 4.58. The molecule has 134 valence electrons. The molecule has 0 aliphatic rings. The molecule has 4 nitrogen and oxygen atoms in total. The topological polar surface area (TPSA) is 55.4 Å². The average molecular weight is 337 g/mol. The van der Waals surface area contributed by atoms with E-state index in [1.54, 1.807) is 6.92 Å². The van der Waals surface area contributed by atoms with Gasteiger partial charge in [-0.15, -0.1) is 0 Å². The molecule has 1 rings (SSSR count). The van der Waals surface area contributed by atoms with Crippen LogP contribution in [0.3, 0.4) is 0 Å². The quantitative estimate of drug-likeness (QED) is 0.485. The van der Waals surface area contributed by atoms with Crippen LogP contribution in [-0.4, -0.2) is 24.5 Å². The van der Waals surface area contributed by atoms with Crippen LogP contribution in [0.5, 0.6) is 0 Å². The fourth-order valence-electron chi connectivity index (χ4n) is 2.33. The van der Waals surface area contributed by atoms with E-state index < -0.39 is 23.7 Å². The van der Waals surface area contributed by atoms with Gasteiger partial charge < -0.3 is 10.1 Å². The molecule has 1 N–H and O–H groups in total. The van der Waals surface area contributed by atoms with E-state index in [4.69, 9.17) is 4.74 Å². The Kier molecular flexibility index (Phi) is 9.73. The first kappa shape index (κ1) is 20.1. The lowest BCUT2D eigenvalue weighted by Crippen LogP contribution is -2.39. The van der Waals surface area contributed by atoms with Gasteiger partial charge in [-0.3, -0.25) is 4.79 Å². The van der Waals surface area contributed by atoms with Gasteiger partial charge in [0.2, 0.25) is 0 Å². The maximum absolute atomic E-state index is 13.1. The van der Waals surface area contributed by atoms with Gasteiger partial charge in [-0.1, -0.05) is 51.5 Å². The Labute approximate surface area is 143 Å². The number of hydrogen-bond donors (Lipinski definition) is 1. The number of carbonyl (C=O) groups is 2. The van der Waals surface area contributed by atoms with Crippen LogP contribution < -0.4 is 5.32 Å². The summed E-state index contributed by atoms with van der Waals surface area (Å²) in [4.78, 5) is 23.8. The van der Waals surface area contributed by atoms with E-state index in [9.17, 15) is 14.0 Å². The van der Waals surface area contributed by atoms with Crippen molar-refractivity contribution in [3.8, 4) is 0 Å². The molecule has 0 spiro atoms. The fraction of sp³-hybridized carbons (Fsp3) is 0.579. The van der Waals surface area contributed by atoms with Gasteiger partial charge in [0.1, 0.15) is 11.9 Å². The second-order valence-electron chi connectivity index (χ2n) is 5.99. The zero-order valence-corrected chi connectivity index (χ0v) is 14.6. The lowest BCUT2D eigenvalue weighted by Gasteiger charge is -2.13. The van der Waals surface area contributed by atoms with Gasteiger partial charge in [0.25, 0.3) is 5.91 Å². The summed E-state index contributed by atoms with van der Waals surface area (Å²) in [5.74, 6) is -1.45. The number of benzene rings is 1. The van der Waals surface area contributed by atoms with Gasteiger partial charge in [-0.05, 0) is 31.5 Å². The number of carbonyl (C=O) groups excluding carboxylic acids is 2. The smallest absolute Gasteiger partial charge is 0.328 e. The monoisotopic (exact) mass is 337 g/mol. The molecule has 0 aliphatic heterocycles. The first-order valence-corrected chi connectivity index (χ1v) is 8.77. The Balaban J connectivity index is 2.19. The first-order chi connectivity index (χ1) is 11.5. The van der Waals surface area contributed by atoms with Crippen LogP contribution in [0.15, 0.2) is 24.3 Å². The van der Waals surface area contributed by atoms with E-state index in [0.717, 1.165) is 25.3 Å². The predicted molar refractivity (Wildman–Crippen MR) is 92.3 cm³/mol. The molecule has 0 fully saturated rings. The van der Waals surface area contributed by atoms with Crippen LogP contribution in [0.25, 0.3) is 0 Å². The van der Waals surface area contributed by atoms with Crippen molar-refractivity contribution < 1.29 is 18.7 Å². The summed E-state index contributed by atoms with van der Waals surface area (Å²) < 4.78 is 18.3. The number of nitrogens with one attached hydrogen (secondary N) is 1. The molecule has 0 bridgehead atoms. The molecule has 1 atom stereocenters. The van der Waals surface area contributed by atoms with Crippen molar-refractivity contribution in [3.63, 3.8) is 0 Å². The first-order valence-electron chi connectivity index (χ1n) is 8.77. The van der Waals surface area contributed by atoms with Crippen LogP contribution >= 0.6 is 0 Å². The highest BCUT2D eigenvalue weighted by molar-refractivity contribution is 5.96. The molecular formula is C19H28FNO3. The number of esters is 1. The summed E-state index contributed by atoms with van der Waals surface area (Å²) in [6.45, 7) is 4.12. The molecule has 0 heterocycles. The van der Waals surface area contributed by atoms with Crippen molar-refractivity contribution in [2.24, 2.45) is 0 Å². The van der Waals surface area contributed by atoms with Crippen molar-refractivity contribution in [2.75, 3.05) is 6.61 Å². The molecule has 0 saturated carbocycles. The van der Waals surface area contributed by atoms with Crippen LogP contribution in [0, 0.1) is 5.82 Å². The second-order valence-corrected chi connectivity index (χ2v) is 5.99. The van der Waals surface area contributed by atoms with Crippen molar-refractivity contribution in [3.05, 3.63) is 35.6 Å². The average Bonchev–Trinajstić information content (AvgIpc) is 2.57. The van der Waals surface area contributed by atoms with E-state index >= 15 is 0 Å². The number of unbranched alkanes of at least 4 members (excludes halogenated alkanes) is 6. The van der Waals surface area contributed by atoms with Crippen molar-refractivity contribution in [1.82, 2.24) is 5.32 Å². The summed E-state index contributed by atoms with van der Waals surface area (Å²) >= 11 is 0. The fourth-order valence-corrected chi connectivity index (χ4v) is 2.33. The molecular weight excluding hydrogens is 309 g/mol. The molecule has 0 radical (unpaired) electrons. The van der Waals surface area contributed by atoms with Crippen LogP contribution in [0.1, 0.15) is 69.2 Å². The summed E-state index contributed by atoms with van der Waals surface area (Å²) in [5.41, 5.74) is 0.182. The van der Waals surface area contributed by atoms with Crippen molar-refractivity contribution in [1.29, 1.82) is 0 Å².